The van der Waals surface area contributed by atoms with E-state index in [0.29, 0.717) is 5.69 Å². The highest BCUT2D eigenvalue weighted by atomic mass is 16.3. The number of nitrogens with zero attached hydrogens (tertiary/aromatic N) is 3. The first-order valence-corrected chi connectivity index (χ1v) is 8.76. The molecule has 4 atom stereocenters. The Bertz CT molecular complexity index is 871. The Balaban J connectivity index is 1.73. The first-order chi connectivity index (χ1) is 13.1. The number of hydrogen-bond acceptors (Lipinski definition) is 6. The number of benzene rings is 1. The zero-order valence-corrected chi connectivity index (χ0v) is 14.8. The lowest BCUT2D eigenvalue weighted by Crippen LogP contribution is -2.55. The minimum absolute atomic E-state index is 0.244. The molecule has 2 amide bonds. The van der Waals surface area contributed by atoms with Crippen LogP contribution in [0.2, 0.25) is 0 Å². The van der Waals surface area contributed by atoms with Crippen LogP contribution < -0.4 is 5.43 Å². The summed E-state index contributed by atoms with van der Waals surface area (Å²) in [5.74, 6) is -1.12. The molecule has 2 N–H and O–H groups in total. The number of imide groups is 1. The number of carbonyl (C=O) groups is 2. The molecule has 0 bridgehead atoms. The summed E-state index contributed by atoms with van der Waals surface area (Å²) in [5, 5.41) is 12.6. The van der Waals surface area contributed by atoms with Crippen LogP contribution in [-0.4, -0.2) is 50.9 Å². The molecule has 0 aliphatic carbocycles. The van der Waals surface area contributed by atoms with Gasteiger partial charge in [-0.15, -0.1) is 0 Å². The van der Waals surface area contributed by atoms with Crippen molar-refractivity contribution in [1.29, 1.82) is 0 Å². The topological polar surface area (TPSA) is 85.8 Å². The van der Waals surface area contributed by atoms with Crippen LogP contribution in [-0.2, 0) is 9.59 Å². The molecular weight excluding hydrogens is 344 g/mol. The van der Waals surface area contributed by atoms with Crippen molar-refractivity contribution < 1.29 is 14.7 Å². The first-order valence-electron chi connectivity index (χ1n) is 8.76. The molecule has 3 heterocycles. The zero-order valence-electron chi connectivity index (χ0n) is 14.8. The van der Waals surface area contributed by atoms with Gasteiger partial charge in [-0.1, -0.05) is 36.4 Å². The van der Waals surface area contributed by atoms with Gasteiger partial charge < -0.3 is 10.5 Å². The van der Waals surface area contributed by atoms with Gasteiger partial charge in [0.1, 0.15) is 12.1 Å². The standard InChI is InChI=1S/C20H20N4O3/c1-23-19(26)14-10-11-16(18(25)15-9-5-6-12-21-15)24(17(14)20(23)27)22-13-7-3-2-4-8-13/h2-12,14,16-18,22,25H,1H3/t14-,16-,17+,18-/m1/s1. The Morgan fingerprint density at radius 1 is 1.04 bits per heavy atom. The van der Waals surface area contributed by atoms with Crippen LogP contribution in [0.15, 0.2) is 66.9 Å². The highest BCUT2D eigenvalue weighted by molar-refractivity contribution is 6.08. The third-order valence-electron chi connectivity index (χ3n) is 5.02. The third-order valence-corrected chi connectivity index (χ3v) is 5.02. The number of amides is 2. The molecule has 7 heteroatoms. The van der Waals surface area contributed by atoms with Crippen molar-refractivity contribution in [3.63, 3.8) is 0 Å². The molecule has 1 saturated heterocycles. The average molecular weight is 364 g/mol. The summed E-state index contributed by atoms with van der Waals surface area (Å²) in [7, 11) is 1.49. The molecule has 0 unspecified atom stereocenters. The summed E-state index contributed by atoms with van der Waals surface area (Å²) in [4.78, 5) is 30.5. The van der Waals surface area contributed by atoms with Crippen molar-refractivity contribution in [2.75, 3.05) is 12.5 Å². The van der Waals surface area contributed by atoms with Crippen molar-refractivity contribution in [2.45, 2.75) is 18.2 Å². The van der Waals surface area contributed by atoms with Gasteiger partial charge in [0.25, 0.3) is 0 Å². The Kier molecular flexibility index (Phi) is 4.47. The number of rotatable bonds is 4. The van der Waals surface area contributed by atoms with E-state index in [1.807, 2.05) is 30.3 Å². The number of fused-ring (bicyclic) bond motifs is 1. The minimum Gasteiger partial charge on any atom is -0.385 e. The maximum atomic E-state index is 12.7. The van der Waals surface area contributed by atoms with Crippen LogP contribution in [0.4, 0.5) is 5.69 Å². The van der Waals surface area contributed by atoms with Gasteiger partial charge in [-0.05, 0) is 24.3 Å². The normalized spacial score (nSPS) is 26.1. The second-order valence-electron chi connectivity index (χ2n) is 6.67. The fourth-order valence-electron chi connectivity index (χ4n) is 3.60. The number of likely N-dealkylation sites (tertiary alicyclic amines) is 1. The van der Waals surface area contributed by atoms with E-state index in [-0.39, 0.29) is 11.8 Å². The number of anilines is 1. The zero-order chi connectivity index (χ0) is 19.0. The second-order valence-corrected chi connectivity index (χ2v) is 6.67. The molecule has 1 fully saturated rings. The number of hydrazine groups is 1. The molecular formula is C20H20N4O3. The van der Waals surface area contributed by atoms with Crippen LogP contribution in [0.1, 0.15) is 11.8 Å². The van der Waals surface area contributed by atoms with Gasteiger partial charge >= 0.3 is 0 Å². The highest BCUT2D eigenvalue weighted by Crippen LogP contribution is 2.35. The van der Waals surface area contributed by atoms with Crippen LogP contribution in [0.25, 0.3) is 0 Å². The van der Waals surface area contributed by atoms with Crippen LogP contribution in [0.3, 0.4) is 0 Å². The Morgan fingerprint density at radius 3 is 2.48 bits per heavy atom. The van der Waals surface area contributed by atoms with Crippen molar-refractivity contribution in [2.24, 2.45) is 5.92 Å². The van der Waals surface area contributed by atoms with E-state index in [0.717, 1.165) is 10.6 Å². The molecule has 2 aromatic rings. The molecule has 2 aliphatic heterocycles. The number of likely N-dealkylation sites (N-methyl/N-ethyl adjacent to an activating group) is 1. The van der Waals surface area contributed by atoms with Gasteiger partial charge in [-0.2, -0.15) is 0 Å². The predicted octanol–water partition coefficient (Wildman–Crippen LogP) is 1.37. The van der Waals surface area contributed by atoms with E-state index in [2.05, 4.69) is 10.4 Å². The quantitative estimate of drug-likeness (QED) is 0.630. The molecule has 1 aromatic heterocycles. The number of pyridine rings is 1. The minimum atomic E-state index is -0.964. The van der Waals surface area contributed by atoms with Gasteiger partial charge in [0, 0.05) is 18.9 Å². The molecule has 0 spiro atoms. The third kappa shape index (κ3) is 3.01. The van der Waals surface area contributed by atoms with Crippen LogP contribution >= 0.6 is 0 Å². The fourth-order valence-corrected chi connectivity index (χ4v) is 3.60. The number of aliphatic hydroxyl groups is 1. The van der Waals surface area contributed by atoms with E-state index in [1.54, 1.807) is 41.6 Å². The highest BCUT2D eigenvalue weighted by Gasteiger charge is 2.52. The number of para-hydroxylation sites is 1. The molecule has 7 nitrogen and oxygen atoms in total. The van der Waals surface area contributed by atoms with Gasteiger partial charge in [-0.3, -0.25) is 19.5 Å². The molecule has 2 aliphatic rings. The van der Waals surface area contributed by atoms with E-state index in [4.69, 9.17) is 0 Å². The van der Waals surface area contributed by atoms with E-state index in [9.17, 15) is 14.7 Å². The number of nitrogens with one attached hydrogen (secondary N) is 1. The predicted molar refractivity (Wildman–Crippen MR) is 99.1 cm³/mol. The summed E-state index contributed by atoms with van der Waals surface area (Å²) in [6.45, 7) is 0. The first kappa shape index (κ1) is 17.4. The molecule has 0 radical (unpaired) electrons. The molecule has 4 rings (SSSR count). The van der Waals surface area contributed by atoms with Crippen LogP contribution in [0.5, 0.6) is 0 Å². The summed E-state index contributed by atoms with van der Waals surface area (Å²) in [6.07, 6.45) is 4.13. The number of aliphatic hydroxyl groups excluding tert-OH is 1. The number of carbonyl (C=O) groups excluding carboxylic acids is 2. The van der Waals surface area contributed by atoms with E-state index < -0.39 is 24.1 Å². The summed E-state index contributed by atoms with van der Waals surface area (Å²) in [6, 6.07) is 13.4. The Hall–Kier alpha value is -3.03. The van der Waals surface area contributed by atoms with E-state index in [1.165, 1.54) is 7.05 Å². The smallest absolute Gasteiger partial charge is 0.249 e. The second kappa shape index (κ2) is 6.94. The van der Waals surface area contributed by atoms with Crippen molar-refractivity contribution >= 4 is 17.5 Å². The maximum absolute atomic E-state index is 12.7. The van der Waals surface area contributed by atoms with Gasteiger partial charge in [0.2, 0.25) is 11.8 Å². The van der Waals surface area contributed by atoms with E-state index >= 15 is 0 Å². The van der Waals surface area contributed by atoms with Crippen LogP contribution in [0, 0.1) is 5.92 Å². The fraction of sp³-hybridized carbons (Fsp3) is 0.250. The Labute approximate surface area is 156 Å². The summed E-state index contributed by atoms with van der Waals surface area (Å²) in [5.41, 5.74) is 4.48. The lowest BCUT2D eigenvalue weighted by atomic mass is 9.92. The number of hydrogen-bond donors (Lipinski definition) is 2. The lowest BCUT2D eigenvalue weighted by molar-refractivity contribution is -0.138. The molecule has 138 valence electrons. The van der Waals surface area contributed by atoms with Crippen molar-refractivity contribution in [3.05, 3.63) is 72.6 Å². The van der Waals surface area contributed by atoms with Crippen molar-refractivity contribution in [3.8, 4) is 0 Å². The monoisotopic (exact) mass is 364 g/mol. The molecule has 27 heavy (non-hydrogen) atoms. The molecule has 1 aromatic carbocycles. The van der Waals surface area contributed by atoms with Crippen molar-refractivity contribution in [1.82, 2.24) is 14.9 Å². The SMILES string of the molecule is CN1C(=O)[C@@H]2[C@@H](C=C[C@H]([C@H](O)c3ccccn3)N2Nc2ccccc2)C1=O. The summed E-state index contributed by atoms with van der Waals surface area (Å²) >= 11 is 0. The Morgan fingerprint density at radius 2 is 1.78 bits per heavy atom. The summed E-state index contributed by atoms with van der Waals surface area (Å²) < 4.78 is 0. The van der Waals surface area contributed by atoms with Gasteiger partial charge in [0.05, 0.1) is 17.7 Å². The maximum Gasteiger partial charge on any atom is 0.249 e. The van der Waals surface area contributed by atoms with Gasteiger partial charge in [-0.25, -0.2) is 5.01 Å². The number of aromatic nitrogens is 1. The van der Waals surface area contributed by atoms with Gasteiger partial charge in [0.15, 0.2) is 0 Å². The largest absolute Gasteiger partial charge is 0.385 e. The molecule has 0 saturated carbocycles. The lowest BCUT2D eigenvalue weighted by Gasteiger charge is -2.40. The average Bonchev–Trinajstić information content (AvgIpc) is 2.93.